The lowest BCUT2D eigenvalue weighted by atomic mass is 11.8. The lowest BCUT2D eigenvalue weighted by Gasteiger charge is -1.75. The SMILES string of the molecule is O=C(Cl)SOCl. The zero-order chi connectivity index (χ0) is 4.99. The zero-order valence-electron chi connectivity index (χ0n) is 2.48. The van der Waals surface area contributed by atoms with E-state index in [-0.39, 0.29) is 0 Å². The van der Waals surface area contributed by atoms with Crippen LogP contribution in [-0.2, 0) is 3.74 Å². The number of rotatable bonds is 1. The zero-order valence-corrected chi connectivity index (χ0v) is 4.81. The molecule has 0 aromatic heterocycles. The van der Waals surface area contributed by atoms with Gasteiger partial charge in [0.25, 0.3) is 0 Å². The second-order valence-electron chi connectivity index (χ2n) is 0.384. The molecule has 0 bridgehead atoms. The van der Waals surface area contributed by atoms with Crippen molar-refractivity contribution in [3.05, 3.63) is 0 Å². The second kappa shape index (κ2) is 3.74. The van der Waals surface area contributed by atoms with Crippen molar-refractivity contribution in [2.24, 2.45) is 0 Å². The van der Waals surface area contributed by atoms with Crippen LogP contribution in [0.1, 0.15) is 0 Å². The van der Waals surface area contributed by atoms with Gasteiger partial charge in [0.05, 0.1) is 11.9 Å². The van der Waals surface area contributed by atoms with Crippen LogP contribution < -0.4 is 0 Å². The van der Waals surface area contributed by atoms with E-state index < -0.39 is 4.57 Å². The largest absolute Gasteiger partial charge is 0.308 e. The van der Waals surface area contributed by atoms with Crippen molar-refractivity contribution in [1.29, 1.82) is 0 Å². The van der Waals surface area contributed by atoms with Gasteiger partial charge in [0.15, 0.2) is 0 Å². The Morgan fingerprint density at radius 1 is 1.83 bits per heavy atom. The Balaban J connectivity index is 2.83. The third-order valence-corrected chi connectivity index (χ3v) is 0.669. The predicted molar refractivity (Wildman–Crippen MR) is 25.8 cm³/mol. The van der Waals surface area contributed by atoms with Crippen molar-refractivity contribution >= 4 is 40.1 Å². The summed E-state index contributed by atoms with van der Waals surface area (Å²) >= 11 is 9.62. The first-order valence-corrected chi connectivity index (χ1v) is 2.35. The minimum absolute atomic E-state index is 0.378. The minimum Gasteiger partial charge on any atom is -0.266 e. The van der Waals surface area contributed by atoms with Gasteiger partial charge in [-0.2, -0.15) is 3.74 Å². The van der Waals surface area contributed by atoms with E-state index in [0.717, 1.165) is 0 Å². The molecule has 0 heterocycles. The average Bonchev–Trinajstić information content (AvgIpc) is 1.35. The first kappa shape index (κ1) is 6.56. The molecule has 0 aliphatic heterocycles. The van der Waals surface area contributed by atoms with Crippen LogP contribution >= 0.6 is 35.5 Å². The first-order valence-electron chi connectivity index (χ1n) is 0.918. The molecule has 0 rings (SSSR count). The van der Waals surface area contributed by atoms with Gasteiger partial charge in [-0.25, -0.2) is 0 Å². The molecule has 0 saturated carbocycles. The normalized spacial score (nSPS) is 8.33. The molecule has 0 amide bonds. The molecule has 0 aromatic rings. The molecule has 0 spiro atoms. The highest BCUT2D eigenvalue weighted by atomic mass is 35.5. The van der Waals surface area contributed by atoms with Crippen molar-refractivity contribution in [1.82, 2.24) is 0 Å². The summed E-state index contributed by atoms with van der Waals surface area (Å²) in [6.07, 6.45) is 0. The molecule has 0 aliphatic rings. The Morgan fingerprint density at radius 2 is 2.33 bits per heavy atom. The van der Waals surface area contributed by atoms with Gasteiger partial charge in [0.1, 0.15) is 12.0 Å². The summed E-state index contributed by atoms with van der Waals surface area (Å²) in [5, 5.41) is 0. The third-order valence-electron chi connectivity index (χ3n) is 0.0970. The van der Waals surface area contributed by atoms with Gasteiger partial charge in [0.2, 0.25) is 0 Å². The summed E-state index contributed by atoms with van der Waals surface area (Å²) in [5.41, 5.74) is 0. The van der Waals surface area contributed by atoms with Crippen LogP contribution in [0.3, 0.4) is 0 Å². The topological polar surface area (TPSA) is 26.3 Å². The van der Waals surface area contributed by atoms with Gasteiger partial charge in [0, 0.05) is 0 Å². The van der Waals surface area contributed by atoms with Crippen LogP contribution in [0.25, 0.3) is 0 Å². The molecule has 0 atom stereocenters. The monoisotopic (exact) mass is 146 g/mol. The van der Waals surface area contributed by atoms with Crippen LogP contribution in [0.15, 0.2) is 0 Å². The molecule has 0 radical (unpaired) electrons. The van der Waals surface area contributed by atoms with Gasteiger partial charge in [-0.05, 0) is 11.6 Å². The standard InChI is InChI=1S/CCl2O2S/c2-1(4)6-5-3. The molecule has 6 heavy (non-hydrogen) atoms. The minimum atomic E-state index is -0.676. The molecule has 0 fully saturated rings. The van der Waals surface area contributed by atoms with Crippen LogP contribution in [0, 0.1) is 0 Å². The van der Waals surface area contributed by atoms with Gasteiger partial charge >= 0.3 is 4.57 Å². The maximum absolute atomic E-state index is 9.56. The number of hydrogen-bond donors (Lipinski definition) is 0. The summed E-state index contributed by atoms with van der Waals surface area (Å²) in [4.78, 5) is 9.56. The summed E-state index contributed by atoms with van der Waals surface area (Å²) in [6, 6.07) is 0. The van der Waals surface area contributed by atoms with Crippen LogP contribution in [-0.4, -0.2) is 4.57 Å². The Hall–Kier alpha value is 0.560. The summed E-state index contributed by atoms with van der Waals surface area (Å²) in [5.74, 6) is 0. The predicted octanol–water partition coefficient (Wildman–Crippen LogP) is 2.16. The van der Waals surface area contributed by atoms with E-state index in [4.69, 9.17) is 11.6 Å². The number of carbonyl (C=O) groups excluding carboxylic acids is 1. The van der Waals surface area contributed by atoms with Gasteiger partial charge in [-0.1, -0.05) is 0 Å². The molecule has 0 unspecified atom stereocenters. The third kappa shape index (κ3) is 4.56. The Kier molecular flexibility index (Phi) is 4.09. The summed E-state index contributed by atoms with van der Waals surface area (Å²) < 4.78 is 3.03. The molecular weight excluding hydrogens is 147 g/mol. The molecule has 0 N–H and O–H groups in total. The van der Waals surface area contributed by atoms with Gasteiger partial charge in [-0.3, -0.25) is 4.79 Å². The van der Waals surface area contributed by atoms with E-state index in [1.165, 1.54) is 0 Å². The fraction of sp³-hybridized carbons (Fsp3) is 0. The highest BCUT2D eigenvalue weighted by Gasteiger charge is 1.91. The second-order valence-corrected chi connectivity index (χ2v) is 1.99. The van der Waals surface area contributed by atoms with Crippen molar-refractivity contribution in [3.8, 4) is 0 Å². The van der Waals surface area contributed by atoms with E-state index in [1.54, 1.807) is 0 Å². The first-order chi connectivity index (χ1) is 2.77. The average molecular weight is 147 g/mol. The van der Waals surface area contributed by atoms with Gasteiger partial charge < -0.3 is 0 Å². The fourth-order valence-electron chi connectivity index (χ4n) is 0.0248. The number of hydrogen-bond acceptors (Lipinski definition) is 3. The van der Waals surface area contributed by atoms with E-state index in [1.807, 2.05) is 0 Å². The number of halogens is 2. The lowest BCUT2D eigenvalue weighted by molar-refractivity contribution is 0.275. The van der Waals surface area contributed by atoms with E-state index in [9.17, 15) is 4.79 Å². The van der Waals surface area contributed by atoms with Crippen molar-refractivity contribution in [3.63, 3.8) is 0 Å². The highest BCUT2D eigenvalue weighted by molar-refractivity contribution is 8.13. The van der Waals surface area contributed by atoms with Crippen LogP contribution in [0.2, 0.25) is 0 Å². The summed E-state index contributed by atoms with van der Waals surface area (Å²) in [6.45, 7) is 0. The molecular formula is CCl2O2S. The Labute approximate surface area is 49.1 Å². The lowest BCUT2D eigenvalue weighted by Crippen LogP contribution is -1.64. The number of carbonyl (C=O) groups is 1. The molecule has 0 saturated heterocycles. The smallest absolute Gasteiger partial charge is 0.266 e. The quantitative estimate of drug-likeness (QED) is 0.419. The highest BCUT2D eigenvalue weighted by Crippen LogP contribution is 2.09. The van der Waals surface area contributed by atoms with Gasteiger partial charge in [-0.15, -0.1) is 0 Å². The molecule has 2 nitrogen and oxygen atoms in total. The van der Waals surface area contributed by atoms with Crippen molar-refractivity contribution in [2.75, 3.05) is 0 Å². The maximum Gasteiger partial charge on any atom is 0.308 e. The van der Waals surface area contributed by atoms with Crippen LogP contribution in [0.5, 0.6) is 0 Å². The van der Waals surface area contributed by atoms with E-state index in [2.05, 4.69) is 15.6 Å². The van der Waals surface area contributed by atoms with Crippen molar-refractivity contribution < 1.29 is 8.53 Å². The Bertz CT molecular complexity index is 55.5. The molecule has 36 valence electrons. The Morgan fingerprint density at radius 3 is 2.33 bits per heavy atom. The molecule has 5 heteroatoms. The fourth-order valence-corrected chi connectivity index (χ4v) is 0.437. The van der Waals surface area contributed by atoms with Crippen molar-refractivity contribution in [2.45, 2.75) is 0 Å². The maximum atomic E-state index is 9.56. The van der Waals surface area contributed by atoms with E-state index in [0.29, 0.717) is 12.0 Å². The summed E-state index contributed by atoms with van der Waals surface area (Å²) in [7, 11) is 0. The van der Waals surface area contributed by atoms with Crippen LogP contribution in [0.4, 0.5) is 4.79 Å². The molecule has 0 aliphatic carbocycles. The van der Waals surface area contributed by atoms with E-state index >= 15 is 0 Å². The molecule has 0 aromatic carbocycles.